The van der Waals surface area contributed by atoms with Crippen molar-refractivity contribution in [1.82, 2.24) is 0 Å². The molecule has 0 spiro atoms. The van der Waals surface area contributed by atoms with Crippen LogP contribution in [-0.4, -0.2) is 5.78 Å². The van der Waals surface area contributed by atoms with Gasteiger partial charge in [-0.05, 0) is 61.3 Å². The molecule has 4 aliphatic rings. The largest absolute Gasteiger partial charge is 0.326 e. The summed E-state index contributed by atoms with van der Waals surface area (Å²) in [6, 6.07) is 7.94. The summed E-state index contributed by atoms with van der Waals surface area (Å²) in [4.78, 5) is 13.1. The molecule has 0 saturated heterocycles. The molecule has 0 atom stereocenters. The maximum Gasteiger partial charge on any atom is 0.166 e. The molecule has 4 fully saturated rings. The van der Waals surface area contributed by atoms with Gasteiger partial charge in [-0.25, -0.2) is 0 Å². The van der Waals surface area contributed by atoms with Crippen LogP contribution in [-0.2, 0) is 6.54 Å². The van der Waals surface area contributed by atoms with Gasteiger partial charge in [0.15, 0.2) is 5.78 Å². The first-order valence-electron chi connectivity index (χ1n) is 8.08. The summed E-state index contributed by atoms with van der Waals surface area (Å²) in [6.45, 7) is 0.467. The van der Waals surface area contributed by atoms with Crippen molar-refractivity contribution in [3.63, 3.8) is 0 Å². The molecular formula is C18H23NO. The van der Waals surface area contributed by atoms with Crippen LogP contribution in [0.2, 0.25) is 0 Å². The Morgan fingerprint density at radius 1 is 1.00 bits per heavy atom. The van der Waals surface area contributed by atoms with Crippen molar-refractivity contribution in [3.05, 3.63) is 35.4 Å². The molecule has 2 heteroatoms. The second kappa shape index (κ2) is 4.70. The molecule has 5 rings (SSSR count). The molecule has 4 bridgehead atoms. The molecule has 2 nitrogen and oxygen atoms in total. The van der Waals surface area contributed by atoms with Crippen LogP contribution < -0.4 is 5.73 Å². The molecular weight excluding hydrogens is 246 g/mol. The topological polar surface area (TPSA) is 43.1 Å². The molecule has 0 heterocycles. The Hall–Kier alpha value is -1.15. The van der Waals surface area contributed by atoms with Crippen molar-refractivity contribution in [2.24, 2.45) is 35.3 Å². The van der Waals surface area contributed by atoms with Gasteiger partial charge in [0.05, 0.1) is 0 Å². The number of carbonyl (C=O) groups is 1. The van der Waals surface area contributed by atoms with Gasteiger partial charge in [-0.2, -0.15) is 0 Å². The summed E-state index contributed by atoms with van der Waals surface area (Å²) in [5, 5.41) is 0. The van der Waals surface area contributed by atoms with Crippen LogP contribution in [0.4, 0.5) is 0 Å². The number of Topliss-reactive ketones (excluding diaryl/α,β-unsaturated/α-hetero) is 1. The lowest BCUT2D eigenvalue weighted by Crippen LogP contribution is -2.48. The summed E-state index contributed by atoms with van der Waals surface area (Å²) in [7, 11) is 0. The second-order valence-electron chi connectivity index (χ2n) is 7.18. The third-order valence-corrected chi connectivity index (χ3v) is 6.03. The molecule has 0 unspecified atom stereocenters. The summed E-state index contributed by atoms with van der Waals surface area (Å²) in [5.41, 5.74) is 7.73. The molecule has 4 aliphatic carbocycles. The lowest BCUT2D eigenvalue weighted by atomic mass is 9.51. The number of benzene rings is 1. The van der Waals surface area contributed by atoms with Crippen molar-refractivity contribution in [3.8, 4) is 0 Å². The van der Waals surface area contributed by atoms with E-state index >= 15 is 0 Å². The Balaban J connectivity index is 1.66. The van der Waals surface area contributed by atoms with Gasteiger partial charge in [0.25, 0.3) is 0 Å². The minimum absolute atomic E-state index is 0.287. The van der Waals surface area contributed by atoms with E-state index in [1.165, 1.54) is 32.1 Å². The number of carbonyl (C=O) groups excluding carboxylic acids is 1. The summed E-state index contributed by atoms with van der Waals surface area (Å²) < 4.78 is 0. The maximum atomic E-state index is 13.1. The highest BCUT2D eigenvalue weighted by atomic mass is 16.1. The minimum Gasteiger partial charge on any atom is -0.326 e. The van der Waals surface area contributed by atoms with E-state index in [2.05, 4.69) is 0 Å². The number of hydrogen-bond acceptors (Lipinski definition) is 2. The Kier molecular flexibility index (Phi) is 2.95. The third-order valence-electron chi connectivity index (χ3n) is 6.03. The maximum absolute atomic E-state index is 13.1. The van der Waals surface area contributed by atoms with Crippen LogP contribution in [0.25, 0.3) is 0 Å². The van der Waals surface area contributed by atoms with Gasteiger partial charge < -0.3 is 5.73 Å². The minimum atomic E-state index is 0.287. The first kappa shape index (κ1) is 12.6. The van der Waals surface area contributed by atoms with Gasteiger partial charge >= 0.3 is 0 Å². The van der Waals surface area contributed by atoms with Gasteiger partial charge in [-0.15, -0.1) is 0 Å². The predicted molar refractivity (Wildman–Crippen MR) is 79.2 cm³/mol. The van der Waals surface area contributed by atoms with Crippen LogP contribution >= 0.6 is 0 Å². The lowest BCUT2D eigenvalue weighted by molar-refractivity contribution is -0.0251. The Bertz CT molecular complexity index is 508. The highest BCUT2D eigenvalue weighted by Gasteiger charge is 2.50. The van der Waals surface area contributed by atoms with Crippen molar-refractivity contribution in [2.75, 3.05) is 0 Å². The van der Waals surface area contributed by atoms with Crippen LogP contribution in [0.15, 0.2) is 24.3 Å². The number of ketones is 1. The quantitative estimate of drug-likeness (QED) is 0.855. The van der Waals surface area contributed by atoms with E-state index < -0.39 is 0 Å². The van der Waals surface area contributed by atoms with Gasteiger partial charge in [-0.3, -0.25) is 4.79 Å². The van der Waals surface area contributed by atoms with Crippen LogP contribution in [0.1, 0.15) is 48.0 Å². The highest BCUT2D eigenvalue weighted by Crippen LogP contribution is 2.57. The normalized spacial score (nSPS) is 38.1. The SMILES string of the molecule is NCc1ccccc1C(=O)C1C2CC3CC(C2)CC1C3. The molecule has 0 aliphatic heterocycles. The summed E-state index contributed by atoms with van der Waals surface area (Å²) >= 11 is 0. The van der Waals surface area contributed by atoms with Crippen LogP contribution in [0.3, 0.4) is 0 Å². The monoisotopic (exact) mass is 269 g/mol. The van der Waals surface area contributed by atoms with Gasteiger partial charge in [0.2, 0.25) is 0 Å². The number of hydrogen-bond donors (Lipinski definition) is 1. The molecule has 1 aromatic carbocycles. The molecule has 4 saturated carbocycles. The molecule has 0 radical (unpaired) electrons. The van der Waals surface area contributed by atoms with Crippen molar-refractivity contribution in [2.45, 2.75) is 38.6 Å². The van der Waals surface area contributed by atoms with E-state index in [0.29, 0.717) is 24.2 Å². The second-order valence-corrected chi connectivity index (χ2v) is 7.18. The summed E-state index contributed by atoms with van der Waals surface area (Å²) in [6.07, 6.45) is 6.64. The van der Waals surface area contributed by atoms with Crippen molar-refractivity contribution in [1.29, 1.82) is 0 Å². The fourth-order valence-corrected chi connectivity index (χ4v) is 5.47. The van der Waals surface area contributed by atoms with E-state index in [0.717, 1.165) is 23.0 Å². The Morgan fingerprint density at radius 2 is 1.60 bits per heavy atom. The van der Waals surface area contributed by atoms with Crippen LogP contribution in [0.5, 0.6) is 0 Å². The predicted octanol–water partition coefficient (Wildman–Crippen LogP) is 3.40. The Labute approximate surface area is 120 Å². The van der Waals surface area contributed by atoms with E-state index in [1.807, 2.05) is 24.3 Å². The molecule has 0 amide bonds. The molecule has 0 aromatic heterocycles. The van der Waals surface area contributed by atoms with Gasteiger partial charge in [0, 0.05) is 18.0 Å². The first-order chi connectivity index (χ1) is 9.76. The number of nitrogens with two attached hydrogens (primary N) is 1. The molecule has 2 N–H and O–H groups in total. The van der Waals surface area contributed by atoms with E-state index in [-0.39, 0.29) is 5.92 Å². The zero-order valence-corrected chi connectivity index (χ0v) is 11.9. The van der Waals surface area contributed by atoms with Crippen molar-refractivity contribution >= 4 is 5.78 Å². The van der Waals surface area contributed by atoms with E-state index in [4.69, 9.17) is 5.73 Å². The average molecular weight is 269 g/mol. The van der Waals surface area contributed by atoms with Gasteiger partial charge in [-0.1, -0.05) is 24.3 Å². The fourth-order valence-electron chi connectivity index (χ4n) is 5.47. The standard InChI is InChI=1S/C18H23NO/c19-10-13-3-1-2-4-16(13)18(20)17-14-6-11-5-12(8-14)9-15(17)7-11/h1-4,11-12,14-15,17H,5-10,19H2. The fraction of sp³-hybridized carbons (Fsp3) is 0.611. The zero-order valence-electron chi connectivity index (χ0n) is 11.9. The molecule has 20 heavy (non-hydrogen) atoms. The first-order valence-corrected chi connectivity index (χ1v) is 8.08. The molecule has 1 aromatic rings. The van der Waals surface area contributed by atoms with E-state index in [1.54, 1.807) is 0 Å². The smallest absolute Gasteiger partial charge is 0.166 e. The average Bonchev–Trinajstić information content (AvgIpc) is 2.46. The highest BCUT2D eigenvalue weighted by molar-refractivity contribution is 5.99. The summed E-state index contributed by atoms with van der Waals surface area (Å²) in [5.74, 6) is 3.84. The van der Waals surface area contributed by atoms with Crippen LogP contribution in [0, 0.1) is 29.6 Å². The zero-order chi connectivity index (χ0) is 13.7. The Morgan fingerprint density at radius 3 is 2.20 bits per heavy atom. The third kappa shape index (κ3) is 1.85. The van der Waals surface area contributed by atoms with Crippen molar-refractivity contribution < 1.29 is 4.79 Å². The number of rotatable bonds is 3. The van der Waals surface area contributed by atoms with Gasteiger partial charge in [0.1, 0.15) is 0 Å². The van der Waals surface area contributed by atoms with E-state index in [9.17, 15) is 4.79 Å². The molecule has 106 valence electrons. The lowest BCUT2D eigenvalue weighted by Gasteiger charge is -2.53.